The lowest BCUT2D eigenvalue weighted by Gasteiger charge is -2.11. The zero-order valence-electron chi connectivity index (χ0n) is 13.8. The lowest BCUT2D eigenvalue weighted by molar-refractivity contribution is -0.124. The fraction of sp³-hybridized carbons (Fsp3) is 0.263. The zero-order chi connectivity index (χ0) is 17.4. The predicted molar refractivity (Wildman–Crippen MR) is 91.1 cm³/mol. The maximum Gasteiger partial charge on any atom is 0.338 e. The number of amides is 1. The molecule has 0 aliphatic rings. The lowest BCUT2D eigenvalue weighted by Crippen LogP contribution is -2.35. The predicted octanol–water partition coefficient (Wildman–Crippen LogP) is 3.55. The van der Waals surface area contributed by atoms with Crippen LogP contribution in [0.1, 0.15) is 30.6 Å². The van der Waals surface area contributed by atoms with Crippen molar-refractivity contribution in [1.29, 1.82) is 0 Å². The Kier molecular flexibility index (Phi) is 6.37. The number of carbonyl (C=O) groups is 2. The van der Waals surface area contributed by atoms with E-state index >= 15 is 0 Å². The molecule has 1 atom stereocenters. The molecule has 0 radical (unpaired) electrons. The van der Waals surface area contributed by atoms with E-state index in [4.69, 9.17) is 9.47 Å². The standard InChI is InChI=1S/C19H21NO4/c1-3-14(2)20-18(21)13-23-19(22)15-8-7-11-17(12-15)24-16-9-5-4-6-10-16/h4-12,14H,3,13H2,1-2H3,(H,20,21)/t14-/m0/s1. The van der Waals surface area contributed by atoms with Crippen LogP contribution in [0.25, 0.3) is 0 Å². The van der Waals surface area contributed by atoms with Gasteiger partial charge < -0.3 is 14.8 Å². The number of para-hydroxylation sites is 1. The van der Waals surface area contributed by atoms with Crippen molar-refractivity contribution in [3.63, 3.8) is 0 Å². The van der Waals surface area contributed by atoms with Crippen molar-refractivity contribution in [3.8, 4) is 11.5 Å². The lowest BCUT2D eigenvalue weighted by atomic mass is 10.2. The SMILES string of the molecule is CC[C@H](C)NC(=O)COC(=O)c1cccc(Oc2ccccc2)c1. The van der Waals surface area contributed by atoms with E-state index in [-0.39, 0.29) is 18.6 Å². The van der Waals surface area contributed by atoms with Gasteiger partial charge in [0.1, 0.15) is 11.5 Å². The summed E-state index contributed by atoms with van der Waals surface area (Å²) in [5.74, 6) is 0.331. The summed E-state index contributed by atoms with van der Waals surface area (Å²) in [5.41, 5.74) is 0.333. The number of rotatable bonds is 7. The summed E-state index contributed by atoms with van der Waals surface area (Å²) in [6.07, 6.45) is 0.818. The van der Waals surface area contributed by atoms with Gasteiger partial charge in [0.2, 0.25) is 0 Å². The van der Waals surface area contributed by atoms with Gasteiger partial charge in [-0.05, 0) is 43.7 Å². The van der Waals surface area contributed by atoms with Gasteiger partial charge in [0.05, 0.1) is 5.56 Å². The van der Waals surface area contributed by atoms with Gasteiger partial charge in [-0.15, -0.1) is 0 Å². The quantitative estimate of drug-likeness (QED) is 0.790. The van der Waals surface area contributed by atoms with Crippen LogP contribution in [-0.2, 0) is 9.53 Å². The van der Waals surface area contributed by atoms with Crippen LogP contribution in [0.2, 0.25) is 0 Å². The van der Waals surface area contributed by atoms with Crippen molar-refractivity contribution in [2.24, 2.45) is 0 Å². The maximum atomic E-state index is 12.1. The Morgan fingerprint density at radius 2 is 1.75 bits per heavy atom. The number of nitrogens with one attached hydrogen (secondary N) is 1. The van der Waals surface area contributed by atoms with Crippen LogP contribution in [0.3, 0.4) is 0 Å². The Hall–Kier alpha value is -2.82. The van der Waals surface area contributed by atoms with Gasteiger partial charge in [0.25, 0.3) is 5.91 Å². The summed E-state index contributed by atoms with van der Waals surface area (Å²) in [4.78, 5) is 23.7. The Bertz CT molecular complexity index is 685. The molecule has 0 saturated heterocycles. The van der Waals surface area contributed by atoms with Gasteiger partial charge in [-0.2, -0.15) is 0 Å². The molecule has 0 aliphatic heterocycles. The first-order chi connectivity index (χ1) is 11.6. The van der Waals surface area contributed by atoms with Crippen LogP contribution in [0, 0.1) is 0 Å². The van der Waals surface area contributed by atoms with Gasteiger partial charge in [-0.25, -0.2) is 4.79 Å². The smallest absolute Gasteiger partial charge is 0.338 e. The molecule has 0 unspecified atom stereocenters. The molecular formula is C19H21NO4. The molecule has 0 spiro atoms. The first-order valence-electron chi connectivity index (χ1n) is 7.88. The Morgan fingerprint density at radius 3 is 2.46 bits per heavy atom. The highest BCUT2D eigenvalue weighted by atomic mass is 16.5. The Labute approximate surface area is 141 Å². The highest BCUT2D eigenvalue weighted by Gasteiger charge is 2.12. The van der Waals surface area contributed by atoms with Crippen LogP contribution in [0.5, 0.6) is 11.5 Å². The number of ether oxygens (including phenoxy) is 2. The van der Waals surface area contributed by atoms with Crippen LogP contribution >= 0.6 is 0 Å². The molecule has 24 heavy (non-hydrogen) atoms. The van der Waals surface area contributed by atoms with E-state index in [1.165, 1.54) is 0 Å². The van der Waals surface area contributed by atoms with Crippen molar-refractivity contribution < 1.29 is 19.1 Å². The second kappa shape index (κ2) is 8.72. The second-order valence-electron chi connectivity index (χ2n) is 5.40. The maximum absolute atomic E-state index is 12.1. The monoisotopic (exact) mass is 327 g/mol. The number of benzene rings is 2. The van der Waals surface area contributed by atoms with Crippen LogP contribution in [0.4, 0.5) is 0 Å². The average Bonchev–Trinajstić information content (AvgIpc) is 2.60. The molecule has 5 heteroatoms. The van der Waals surface area contributed by atoms with Crippen molar-refractivity contribution >= 4 is 11.9 Å². The molecule has 0 heterocycles. The molecule has 2 aromatic rings. The summed E-state index contributed by atoms with van der Waals surface area (Å²) < 4.78 is 10.7. The van der Waals surface area contributed by atoms with E-state index in [2.05, 4.69) is 5.32 Å². The molecule has 5 nitrogen and oxygen atoms in total. The summed E-state index contributed by atoms with van der Waals surface area (Å²) in [6, 6.07) is 16.0. The Balaban J connectivity index is 1.93. The van der Waals surface area contributed by atoms with Crippen molar-refractivity contribution in [1.82, 2.24) is 5.32 Å². The van der Waals surface area contributed by atoms with Gasteiger partial charge >= 0.3 is 5.97 Å². The van der Waals surface area contributed by atoms with E-state index in [9.17, 15) is 9.59 Å². The van der Waals surface area contributed by atoms with E-state index in [0.717, 1.165) is 6.42 Å². The normalized spacial score (nSPS) is 11.4. The van der Waals surface area contributed by atoms with E-state index in [1.807, 2.05) is 44.2 Å². The second-order valence-corrected chi connectivity index (χ2v) is 5.40. The van der Waals surface area contributed by atoms with E-state index in [1.54, 1.807) is 24.3 Å². The van der Waals surface area contributed by atoms with Gasteiger partial charge in [0, 0.05) is 6.04 Å². The first kappa shape index (κ1) is 17.5. The van der Waals surface area contributed by atoms with Gasteiger partial charge in [-0.3, -0.25) is 4.79 Å². The highest BCUT2D eigenvalue weighted by Crippen LogP contribution is 2.22. The summed E-state index contributed by atoms with van der Waals surface area (Å²) in [7, 11) is 0. The molecule has 0 fully saturated rings. The van der Waals surface area contributed by atoms with Crippen molar-refractivity contribution in [3.05, 3.63) is 60.2 Å². The first-order valence-corrected chi connectivity index (χ1v) is 7.88. The molecule has 1 N–H and O–H groups in total. The molecular weight excluding hydrogens is 306 g/mol. The third kappa shape index (κ3) is 5.43. The van der Waals surface area contributed by atoms with Crippen LogP contribution in [-0.4, -0.2) is 24.5 Å². The third-order valence-electron chi connectivity index (χ3n) is 3.40. The number of hydrogen-bond acceptors (Lipinski definition) is 4. The Morgan fingerprint density at radius 1 is 1.04 bits per heavy atom. The average molecular weight is 327 g/mol. The van der Waals surface area contributed by atoms with E-state index in [0.29, 0.717) is 17.1 Å². The number of hydrogen-bond donors (Lipinski definition) is 1. The van der Waals surface area contributed by atoms with Gasteiger partial charge in [0.15, 0.2) is 6.61 Å². The molecule has 1 amide bonds. The third-order valence-corrected chi connectivity index (χ3v) is 3.40. The molecule has 2 aromatic carbocycles. The van der Waals surface area contributed by atoms with Gasteiger partial charge in [-0.1, -0.05) is 31.2 Å². The summed E-state index contributed by atoms with van der Waals surface area (Å²) in [6.45, 7) is 3.56. The van der Waals surface area contributed by atoms with Crippen molar-refractivity contribution in [2.45, 2.75) is 26.3 Å². The fourth-order valence-electron chi connectivity index (χ4n) is 1.94. The number of carbonyl (C=O) groups excluding carboxylic acids is 2. The minimum absolute atomic E-state index is 0.0544. The molecule has 2 rings (SSSR count). The molecule has 0 aromatic heterocycles. The summed E-state index contributed by atoms with van der Waals surface area (Å²) in [5, 5.41) is 2.74. The minimum atomic E-state index is -0.562. The number of esters is 1. The minimum Gasteiger partial charge on any atom is -0.457 e. The van der Waals surface area contributed by atoms with Crippen LogP contribution in [0.15, 0.2) is 54.6 Å². The molecule has 126 valence electrons. The molecule has 0 saturated carbocycles. The molecule has 0 bridgehead atoms. The van der Waals surface area contributed by atoms with Crippen LogP contribution < -0.4 is 10.1 Å². The fourth-order valence-corrected chi connectivity index (χ4v) is 1.94. The zero-order valence-corrected chi connectivity index (χ0v) is 13.8. The summed E-state index contributed by atoms with van der Waals surface area (Å²) >= 11 is 0. The highest BCUT2D eigenvalue weighted by molar-refractivity contribution is 5.91. The van der Waals surface area contributed by atoms with Crippen molar-refractivity contribution in [2.75, 3.05) is 6.61 Å². The molecule has 0 aliphatic carbocycles. The van der Waals surface area contributed by atoms with E-state index < -0.39 is 5.97 Å². The largest absolute Gasteiger partial charge is 0.457 e. The topological polar surface area (TPSA) is 64.6 Å².